The second-order valence-electron chi connectivity index (χ2n) is 4.98. The van der Waals surface area contributed by atoms with Crippen molar-refractivity contribution in [1.82, 2.24) is 4.90 Å². The summed E-state index contributed by atoms with van der Waals surface area (Å²) in [5.74, 6) is -0.0697. The summed E-state index contributed by atoms with van der Waals surface area (Å²) in [6.07, 6.45) is 0. The quantitative estimate of drug-likeness (QED) is 0.581. The van der Waals surface area contributed by atoms with Crippen LogP contribution in [0.2, 0.25) is 0 Å². The van der Waals surface area contributed by atoms with Gasteiger partial charge in [0.1, 0.15) is 0 Å². The first-order valence-corrected chi connectivity index (χ1v) is 9.58. The summed E-state index contributed by atoms with van der Waals surface area (Å²) in [5.41, 5.74) is 5.16. The molecule has 2 rings (SSSR count). The first kappa shape index (κ1) is 18.4. The molecule has 0 aliphatic carbocycles. The molecule has 24 heavy (non-hydrogen) atoms. The normalized spacial score (nSPS) is 10.3. The van der Waals surface area contributed by atoms with Gasteiger partial charge < -0.3 is 10.6 Å². The zero-order valence-corrected chi connectivity index (χ0v) is 14.9. The van der Waals surface area contributed by atoms with Crippen LogP contribution in [0.5, 0.6) is 0 Å². The molecule has 126 valence electrons. The molecule has 0 radical (unpaired) electrons. The summed E-state index contributed by atoms with van der Waals surface area (Å²) in [4.78, 5) is 27.0. The molecule has 0 saturated heterocycles. The average Bonchev–Trinajstić information content (AvgIpc) is 2.61. The number of carbonyl (C=O) groups excluding carboxylic acids is 2. The van der Waals surface area contributed by atoms with E-state index in [9.17, 15) is 9.59 Å². The number of carbonyl (C=O) groups is 2. The molecule has 0 atom stereocenters. The summed E-state index contributed by atoms with van der Waals surface area (Å²) < 4.78 is 0. The molecule has 0 saturated carbocycles. The van der Waals surface area contributed by atoms with Gasteiger partial charge in [-0.25, -0.2) is 0 Å². The molecule has 2 aromatic carbocycles. The lowest BCUT2D eigenvalue weighted by atomic mass is 10.4. The van der Waals surface area contributed by atoms with Gasteiger partial charge in [-0.05, 0) is 24.3 Å². The highest BCUT2D eigenvalue weighted by Crippen LogP contribution is 2.19. The van der Waals surface area contributed by atoms with Crippen molar-refractivity contribution in [3.63, 3.8) is 0 Å². The van der Waals surface area contributed by atoms with E-state index in [1.807, 2.05) is 60.7 Å². The lowest BCUT2D eigenvalue weighted by molar-refractivity contribution is -0.143. The van der Waals surface area contributed by atoms with Crippen molar-refractivity contribution in [2.75, 3.05) is 24.6 Å². The maximum Gasteiger partial charge on any atom is 0.311 e. The minimum Gasteiger partial charge on any atom is -0.361 e. The summed E-state index contributed by atoms with van der Waals surface area (Å²) in [6, 6.07) is 19.9. The van der Waals surface area contributed by atoms with Crippen LogP contribution in [0, 0.1) is 0 Å². The highest BCUT2D eigenvalue weighted by atomic mass is 32.2. The number of amides is 2. The Labute approximate surface area is 150 Å². The van der Waals surface area contributed by atoms with Crippen LogP contribution in [0.25, 0.3) is 0 Å². The van der Waals surface area contributed by atoms with Crippen LogP contribution in [0.4, 0.5) is 0 Å². The average molecular weight is 361 g/mol. The van der Waals surface area contributed by atoms with E-state index in [0.717, 1.165) is 21.3 Å². The van der Waals surface area contributed by atoms with Gasteiger partial charge in [-0.1, -0.05) is 36.4 Å². The third-order valence-electron chi connectivity index (χ3n) is 3.24. The maximum absolute atomic E-state index is 12.0. The minimum absolute atomic E-state index is 0.497. The highest BCUT2D eigenvalue weighted by molar-refractivity contribution is 7.99. The van der Waals surface area contributed by atoms with Crippen molar-refractivity contribution < 1.29 is 9.59 Å². The Morgan fingerprint density at radius 1 is 0.792 bits per heavy atom. The Balaban J connectivity index is 1.82. The zero-order chi connectivity index (χ0) is 17.2. The van der Waals surface area contributed by atoms with E-state index in [1.165, 1.54) is 4.90 Å². The van der Waals surface area contributed by atoms with Crippen molar-refractivity contribution in [2.45, 2.75) is 9.79 Å². The predicted octanol–water partition coefficient (Wildman–Crippen LogP) is 2.88. The van der Waals surface area contributed by atoms with E-state index >= 15 is 0 Å². The monoisotopic (exact) mass is 360 g/mol. The van der Waals surface area contributed by atoms with E-state index in [1.54, 1.807) is 23.5 Å². The number of benzene rings is 2. The Bertz CT molecular complexity index is 605. The predicted molar refractivity (Wildman–Crippen MR) is 100 cm³/mol. The van der Waals surface area contributed by atoms with Gasteiger partial charge in [0, 0.05) is 34.4 Å². The maximum atomic E-state index is 12.0. The molecule has 0 aliphatic heterocycles. The van der Waals surface area contributed by atoms with Crippen LogP contribution < -0.4 is 5.73 Å². The first-order valence-electron chi connectivity index (χ1n) is 7.61. The second-order valence-corrected chi connectivity index (χ2v) is 7.32. The van der Waals surface area contributed by atoms with Gasteiger partial charge in [0.15, 0.2) is 0 Å². The molecule has 0 fully saturated rings. The number of primary amides is 1. The van der Waals surface area contributed by atoms with Gasteiger partial charge in [0.05, 0.1) is 0 Å². The third-order valence-corrected chi connectivity index (χ3v) is 5.23. The number of rotatable bonds is 8. The molecule has 2 aromatic rings. The molecule has 2 N–H and O–H groups in total. The van der Waals surface area contributed by atoms with Crippen molar-refractivity contribution in [3.05, 3.63) is 60.7 Å². The van der Waals surface area contributed by atoms with Gasteiger partial charge in [0.2, 0.25) is 0 Å². The number of hydrogen-bond donors (Lipinski definition) is 1. The summed E-state index contributed by atoms with van der Waals surface area (Å²) in [7, 11) is 0. The van der Waals surface area contributed by atoms with Crippen molar-refractivity contribution in [2.24, 2.45) is 5.73 Å². The Kier molecular flexibility index (Phi) is 7.71. The Morgan fingerprint density at radius 3 is 1.58 bits per heavy atom. The van der Waals surface area contributed by atoms with Gasteiger partial charge in [-0.2, -0.15) is 0 Å². The molecule has 0 unspecified atom stereocenters. The van der Waals surface area contributed by atoms with Gasteiger partial charge in [-0.3, -0.25) is 9.59 Å². The van der Waals surface area contributed by atoms with Crippen LogP contribution in [0.1, 0.15) is 0 Å². The molecule has 0 heterocycles. The number of nitrogens with zero attached hydrogens (tertiary/aromatic N) is 1. The van der Waals surface area contributed by atoms with Crippen LogP contribution in [0.3, 0.4) is 0 Å². The zero-order valence-electron chi connectivity index (χ0n) is 13.3. The Hall–Kier alpha value is -1.92. The van der Waals surface area contributed by atoms with Crippen molar-refractivity contribution >= 4 is 35.3 Å². The molecular formula is C18H20N2O2S2. The van der Waals surface area contributed by atoms with Crippen molar-refractivity contribution in [1.29, 1.82) is 0 Å². The standard InChI is InChI=1S/C18H20N2O2S2/c19-17(21)18(22)20(11-13-23-15-7-3-1-4-8-15)12-14-24-16-9-5-2-6-10-16/h1-10H,11-14H2,(H2,19,21). The van der Waals surface area contributed by atoms with Gasteiger partial charge in [0.25, 0.3) is 0 Å². The molecule has 6 heteroatoms. The fourth-order valence-corrected chi connectivity index (χ4v) is 3.85. The van der Waals surface area contributed by atoms with E-state index in [-0.39, 0.29) is 0 Å². The number of nitrogens with two attached hydrogens (primary N) is 1. The molecule has 0 spiro atoms. The van der Waals surface area contributed by atoms with Gasteiger partial charge in [-0.15, -0.1) is 23.5 Å². The number of thioether (sulfide) groups is 2. The van der Waals surface area contributed by atoms with Crippen LogP contribution in [0.15, 0.2) is 70.5 Å². The summed E-state index contributed by atoms with van der Waals surface area (Å²) in [5, 5.41) is 0. The minimum atomic E-state index is -0.899. The third kappa shape index (κ3) is 6.29. The van der Waals surface area contributed by atoms with Crippen molar-refractivity contribution in [3.8, 4) is 0 Å². The smallest absolute Gasteiger partial charge is 0.311 e. The highest BCUT2D eigenvalue weighted by Gasteiger charge is 2.18. The van der Waals surface area contributed by atoms with E-state index in [4.69, 9.17) is 5.73 Å². The SMILES string of the molecule is NC(=O)C(=O)N(CCSc1ccccc1)CCSc1ccccc1. The molecule has 0 aromatic heterocycles. The Morgan fingerprint density at radius 2 is 1.21 bits per heavy atom. The molecule has 0 bridgehead atoms. The lowest BCUT2D eigenvalue weighted by Crippen LogP contribution is -2.42. The summed E-state index contributed by atoms with van der Waals surface area (Å²) >= 11 is 3.31. The lowest BCUT2D eigenvalue weighted by Gasteiger charge is -2.20. The first-order chi connectivity index (χ1) is 11.7. The number of hydrogen-bond acceptors (Lipinski definition) is 4. The molecular weight excluding hydrogens is 340 g/mol. The molecule has 0 aliphatic rings. The van der Waals surface area contributed by atoms with Crippen LogP contribution in [-0.4, -0.2) is 41.3 Å². The topological polar surface area (TPSA) is 63.4 Å². The largest absolute Gasteiger partial charge is 0.361 e. The van der Waals surface area contributed by atoms with E-state index in [2.05, 4.69) is 0 Å². The van der Waals surface area contributed by atoms with E-state index in [0.29, 0.717) is 13.1 Å². The van der Waals surface area contributed by atoms with E-state index < -0.39 is 11.8 Å². The fraction of sp³-hybridized carbons (Fsp3) is 0.222. The molecule has 4 nitrogen and oxygen atoms in total. The second kappa shape index (κ2) is 10.1. The fourth-order valence-electron chi connectivity index (χ4n) is 2.05. The summed E-state index contributed by atoms with van der Waals surface area (Å²) in [6.45, 7) is 0.993. The van der Waals surface area contributed by atoms with Crippen LogP contribution in [-0.2, 0) is 9.59 Å². The van der Waals surface area contributed by atoms with Crippen LogP contribution >= 0.6 is 23.5 Å². The van der Waals surface area contributed by atoms with Gasteiger partial charge >= 0.3 is 11.8 Å². The molecule has 2 amide bonds.